The van der Waals surface area contributed by atoms with Crippen LogP contribution in [0.15, 0.2) is 12.1 Å². The molecule has 0 bridgehead atoms. The summed E-state index contributed by atoms with van der Waals surface area (Å²) in [6, 6.07) is 1.90. The van der Waals surface area contributed by atoms with E-state index < -0.39 is 11.9 Å². The third-order valence-electron chi connectivity index (χ3n) is 2.56. The van der Waals surface area contributed by atoms with E-state index in [9.17, 15) is 14.3 Å². The molecule has 0 radical (unpaired) electrons. The number of ether oxygens (including phenoxy) is 1. The lowest BCUT2D eigenvalue weighted by atomic mass is 10.3. The van der Waals surface area contributed by atoms with Crippen LogP contribution < -0.4 is 4.74 Å². The van der Waals surface area contributed by atoms with Crippen LogP contribution in [0.25, 0.3) is 0 Å². The molecule has 1 aliphatic heterocycles. The monoisotopic (exact) mass is 259 g/mol. The summed E-state index contributed by atoms with van der Waals surface area (Å²) in [6.45, 7) is 1.22. The van der Waals surface area contributed by atoms with Crippen molar-refractivity contribution in [2.24, 2.45) is 0 Å². The van der Waals surface area contributed by atoms with Gasteiger partial charge < -0.3 is 14.7 Å². The minimum atomic E-state index is -0.777. The highest BCUT2D eigenvalue weighted by molar-refractivity contribution is 6.32. The van der Waals surface area contributed by atoms with Gasteiger partial charge in [-0.05, 0) is 12.8 Å². The molecule has 0 saturated carbocycles. The number of rotatable bonds is 1. The first kappa shape index (κ1) is 12.0. The normalized spacial score (nSPS) is 15.1. The van der Waals surface area contributed by atoms with Crippen LogP contribution in [0.2, 0.25) is 5.02 Å². The van der Waals surface area contributed by atoms with Crippen LogP contribution in [-0.2, 0) is 0 Å². The molecule has 0 atom stereocenters. The van der Waals surface area contributed by atoms with Gasteiger partial charge in [0.2, 0.25) is 0 Å². The smallest absolute Gasteiger partial charge is 0.415 e. The van der Waals surface area contributed by atoms with E-state index in [0.717, 1.165) is 25.0 Å². The molecule has 17 heavy (non-hydrogen) atoms. The largest absolute Gasteiger partial charge is 0.506 e. The number of hydrogen-bond donors (Lipinski definition) is 1. The summed E-state index contributed by atoms with van der Waals surface area (Å²) in [5.41, 5.74) is 0. The van der Waals surface area contributed by atoms with Crippen LogP contribution in [0.4, 0.5) is 9.18 Å². The van der Waals surface area contributed by atoms with E-state index in [4.69, 9.17) is 16.3 Å². The van der Waals surface area contributed by atoms with E-state index in [1.807, 2.05) is 0 Å². The Balaban J connectivity index is 2.12. The van der Waals surface area contributed by atoms with Gasteiger partial charge in [0.15, 0.2) is 11.6 Å². The number of hydrogen-bond acceptors (Lipinski definition) is 3. The third kappa shape index (κ3) is 2.61. The quantitative estimate of drug-likeness (QED) is 0.844. The zero-order valence-corrected chi connectivity index (χ0v) is 9.71. The number of carbonyl (C=O) groups is 1. The maximum Gasteiger partial charge on any atom is 0.415 e. The highest BCUT2D eigenvalue weighted by Gasteiger charge is 2.21. The van der Waals surface area contributed by atoms with Crippen molar-refractivity contribution in [1.29, 1.82) is 0 Å². The Morgan fingerprint density at radius 3 is 2.71 bits per heavy atom. The first-order valence-corrected chi connectivity index (χ1v) is 5.60. The van der Waals surface area contributed by atoms with Gasteiger partial charge in [-0.1, -0.05) is 11.6 Å². The number of phenols is 1. The van der Waals surface area contributed by atoms with Crippen LogP contribution in [0.5, 0.6) is 11.5 Å². The predicted molar refractivity (Wildman–Crippen MR) is 59.9 cm³/mol. The average molecular weight is 260 g/mol. The van der Waals surface area contributed by atoms with Gasteiger partial charge in [0.25, 0.3) is 0 Å². The van der Waals surface area contributed by atoms with Crippen molar-refractivity contribution in [2.45, 2.75) is 12.8 Å². The van der Waals surface area contributed by atoms with Crippen LogP contribution in [-0.4, -0.2) is 29.2 Å². The molecule has 0 unspecified atom stereocenters. The van der Waals surface area contributed by atoms with Crippen molar-refractivity contribution in [3.8, 4) is 11.5 Å². The lowest BCUT2D eigenvalue weighted by Crippen LogP contribution is -2.30. The molecule has 0 aromatic heterocycles. The first-order chi connectivity index (χ1) is 8.08. The average Bonchev–Trinajstić information content (AvgIpc) is 2.79. The molecule has 0 spiro atoms. The van der Waals surface area contributed by atoms with Gasteiger partial charge in [-0.25, -0.2) is 9.18 Å². The van der Waals surface area contributed by atoms with E-state index in [2.05, 4.69) is 0 Å². The second-order valence-corrected chi connectivity index (χ2v) is 4.20. The van der Waals surface area contributed by atoms with Crippen molar-refractivity contribution in [2.75, 3.05) is 13.1 Å². The van der Waals surface area contributed by atoms with Crippen LogP contribution in [0.1, 0.15) is 12.8 Å². The predicted octanol–water partition coefficient (Wildman–Crippen LogP) is 2.78. The standard InChI is InChI=1S/C11H11ClFNO3/c12-7-5-8(13)10(6-9(7)15)17-11(16)14-3-1-2-4-14/h5-6,15H,1-4H2. The number of likely N-dealkylation sites (tertiary alicyclic amines) is 1. The van der Waals surface area contributed by atoms with Gasteiger partial charge in [-0.15, -0.1) is 0 Å². The first-order valence-electron chi connectivity index (χ1n) is 5.22. The highest BCUT2D eigenvalue weighted by atomic mass is 35.5. The number of nitrogens with zero attached hydrogens (tertiary/aromatic N) is 1. The van der Waals surface area contributed by atoms with Crippen molar-refractivity contribution in [3.05, 3.63) is 23.0 Å². The van der Waals surface area contributed by atoms with Gasteiger partial charge in [-0.2, -0.15) is 0 Å². The summed E-state index contributed by atoms with van der Waals surface area (Å²) in [4.78, 5) is 13.1. The molecule has 1 N–H and O–H groups in total. The molecule has 1 heterocycles. The minimum Gasteiger partial charge on any atom is -0.506 e. The Kier molecular flexibility index (Phi) is 3.38. The molecule has 92 valence electrons. The number of carbonyl (C=O) groups excluding carboxylic acids is 1. The molecule has 1 aliphatic rings. The Hall–Kier alpha value is -1.49. The number of halogens is 2. The topological polar surface area (TPSA) is 49.8 Å². The van der Waals surface area contributed by atoms with Gasteiger partial charge in [-0.3, -0.25) is 0 Å². The lowest BCUT2D eigenvalue weighted by Gasteiger charge is -2.15. The third-order valence-corrected chi connectivity index (χ3v) is 2.87. The number of amides is 1. The molecular weight excluding hydrogens is 249 g/mol. The van der Waals surface area contributed by atoms with Gasteiger partial charge in [0, 0.05) is 25.2 Å². The zero-order chi connectivity index (χ0) is 12.4. The fraction of sp³-hybridized carbons (Fsp3) is 0.364. The van der Waals surface area contributed by atoms with Gasteiger partial charge in [0.05, 0.1) is 5.02 Å². The molecule has 6 heteroatoms. The summed E-state index contributed by atoms with van der Waals surface area (Å²) < 4.78 is 18.2. The Morgan fingerprint density at radius 2 is 2.06 bits per heavy atom. The molecule has 1 fully saturated rings. The minimum absolute atomic E-state index is 0.122. The number of aromatic hydroxyl groups is 1. The molecule has 0 aliphatic carbocycles. The van der Waals surface area contributed by atoms with E-state index >= 15 is 0 Å². The van der Waals surface area contributed by atoms with Crippen molar-refractivity contribution in [3.63, 3.8) is 0 Å². The fourth-order valence-corrected chi connectivity index (χ4v) is 1.81. The van der Waals surface area contributed by atoms with E-state index in [1.54, 1.807) is 0 Å². The molecule has 1 saturated heterocycles. The molecule has 1 aromatic rings. The van der Waals surface area contributed by atoms with Crippen LogP contribution in [0.3, 0.4) is 0 Å². The maximum atomic E-state index is 13.4. The number of benzene rings is 1. The molecular formula is C11H11ClFNO3. The van der Waals surface area contributed by atoms with Crippen molar-refractivity contribution < 1.29 is 19.0 Å². The fourth-order valence-electron chi connectivity index (χ4n) is 1.65. The Bertz CT molecular complexity index is 447. The second-order valence-electron chi connectivity index (χ2n) is 3.80. The summed E-state index contributed by atoms with van der Waals surface area (Å²) >= 11 is 5.51. The van der Waals surface area contributed by atoms with E-state index in [1.165, 1.54) is 4.90 Å². The molecule has 1 aromatic carbocycles. The zero-order valence-electron chi connectivity index (χ0n) is 8.95. The summed E-state index contributed by atoms with van der Waals surface area (Å²) in [6.07, 6.45) is 1.23. The molecule has 1 amide bonds. The van der Waals surface area contributed by atoms with Crippen molar-refractivity contribution >= 4 is 17.7 Å². The van der Waals surface area contributed by atoms with Gasteiger partial charge >= 0.3 is 6.09 Å². The van der Waals surface area contributed by atoms with E-state index in [0.29, 0.717) is 13.1 Å². The summed E-state index contributed by atoms with van der Waals surface area (Å²) in [5.74, 6) is -1.42. The molecule has 2 rings (SSSR count). The van der Waals surface area contributed by atoms with Crippen LogP contribution >= 0.6 is 11.6 Å². The van der Waals surface area contributed by atoms with Crippen LogP contribution in [0, 0.1) is 5.82 Å². The molecule has 4 nitrogen and oxygen atoms in total. The Morgan fingerprint density at radius 1 is 1.41 bits per heavy atom. The second kappa shape index (κ2) is 4.79. The van der Waals surface area contributed by atoms with Crippen molar-refractivity contribution in [1.82, 2.24) is 4.90 Å². The highest BCUT2D eigenvalue weighted by Crippen LogP contribution is 2.31. The summed E-state index contributed by atoms with van der Waals surface area (Å²) in [7, 11) is 0. The summed E-state index contributed by atoms with van der Waals surface area (Å²) in [5, 5.41) is 9.18. The lowest BCUT2D eigenvalue weighted by molar-refractivity contribution is 0.160. The Labute approximate surface area is 103 Å². The number of phenolic OH excluding ortho intramolecular Hbond substituents is 1. The maximum absolute atomic E-state index is 13.4. The van der Waals surface area contributed by atoms with Gasteiger partial charge in [0.1, 0.15) is 5.75 Å². The SMILES string of the molecule is O=C(Oc1cc(O)c(Cl)cc1F)N1CCCC1. The van der Waals surface area contributed by atoms with E-state index in [-0.39, 0.29) is 16.5 Å².